The number of carbonyl (C=O) groups excluding carboxylic acids is 2. The second kappa shape index (κ2) is 13.6. The Bertz CT molecular complexity index is 1370. The van der Waals surface area contributed by atoms with Gasteiger partial charge in [0, 0.05) is 16.7 Å². The lowest BCUT2D eigenvalue weighted by Gasteiger charge is -2.33. The first kappa shape index (κ1) is 30.2. The third-order valence-electron chi connectivity index (χ3n) is 5.80. The van der Waals surface area contributed by atoms with Gasteiger partial charge in [0.1, 0.15) is 12.6 Å². The van der Waals surface area contributed by atoms with Crippen LogP contribution in [0.4, 0.5) is 5.69 Å². The van der Waals surface area contributed by atoms with Crippen LogP contribution in [0, 0.1) is 3.57 Å². The number of amides is 2. The van der Waals surface area contributed by atoms with Crippen molar-refractivity contribution in [2.24, 2.45) is 0 Å². The molecule has 0 aliphatic carbocycles. The van der Waals surface area contributed by atoms with Crippen molar-refractivity contribution in [2.45, 2.75) is 37.8 Å². The third kappa shape index (κ3) is 7.40. The van der Waals surface area contributed by atoms with E-state index in [2.05, 4.69) is 27.9 Å². The maximum absolute atomic E-state index is 13.9. The molecule has 3 aromatic carbocycles. The molecule has 0 heterocycles. The molecule has 0 bridgehead atoms. The van der Waals surface area contributed by atoms with Gasteiger partial charge in [0.2, 0.25) is 11.8 Å². The minimum Gasteiger partial charge on any atom is -0.355 e. The molecule has 1 atom stereocenters. The summed E-state index contributed by atoms with van der Waals surface area (Å²) in [6.07, 6.45) is 0.327. The number of nitrogens with zero attached hydrogens (tertiary/aromatic N) is 2. The molecule has 0 fully saturated rings. The van der Waals surface area contributed by atoms with E-state index in [0.717, 1.165) is 7.88 Å². The molecule has 3 aromatic rings. The van der Waals surface area contributed by atoms with E-state index in [4.69, 9.17) is 23.2 Å². The SMILES string of the molecule is CCNC(=O)C(CC)N(Cc1ccc(Cl)c(Cl)c1)C(=O)CN(c1ccc(I)cc1)S(=O)(=O)c1ccccc1. The van der Waals surface area contributed by atoms with Crippen molar-refractivity contribution in [3.8, 4) is 0 Å². The van der Waals surface area contributed by atoms with Gasteiger partial charge in [-0.25, -0.2) is 8.42 Å². The Morgan fingerprint density at radius 2 is 1.61 bits per heavy atom. The summed E-state index contributed by atoms with van der Waals surface area (Å²) in [5, 5.41) is 3.45. The Hall–Kier alpha value is -2.34. The summed E-state index contributed by atoms with van der Waals surface area (Å²) in [5.74, 6) is -0.859. The van der Waals surface area contributed by atoms with E-state index >= 15 is 0 Å². The zero-order chi connectivity index (χ0) is 27.9. The number of nitrogens with one attached hydrogen (secondary N) is 1. The summed E-state index contributed by atoms with van der Waals surface area (Å²) in [7, 11) is -4.10. The highest BCUT2D eigenvalue weighted by Gasteiger charge is 2.33. The second-order valence-corrected chi connectivity index (χ2v) is 12.3. The molecule has 38 heavy (non-hydrogen) atoms. The van der Waals surface area contributed by atoms with Crippen molar-refractivity contribution >= 4 is 73.3 Å². The fraction of sp³-hybridized carbons (Fsp3) is 0.259. The number of sulfonamides is 1. The first-order valence-electron chi connectivity index (χ1n) is 11.9. The lowest BCUT2D eigenvalue weighted by atomic mass is 10.1. The summed E-state index contributed by atoms with van der Waals surface area (Å²) in [6, 6.07) is 18.9. The van der Waals surface area contributed by atoms with Crippen LogP contribution in [0.3, 0.4) is 0 Å². The highest BCUT2D eigenvalue weighted by molar-refractivity contribution is 14.1. The number of benzene rings is 3. The Balaban J connectivity index is 2.05. The molecule has 0 saturated carbocycles. The molecule has 2 amide bonds. The first-order valence-corrected chi connectivity index (χ1v) is 15.2. The zero-order valence-electron chi connectivity index (χ0n) is 20.9. The summed E-state index contributed by atoms with van der Waals surface area (Å²) in [4.78, 5) is 28.3. The van der Waals surface area contributed by atoms with Gasteiger partial charge in [-0.05, 0) is 90.0 Å². The molecular weight excluding hydrogens is 660 g/mol. The Morgan fingerprint density at radius 1 is 0.947 bits per heavy atom. The maximum Gasteiger partial charge on any atom is 0.264 e. The van der Waals surface area contributed by atoms with E-state index in [-0.39, 0.29) is 17.3 Å². The molecular formula is C27H28Cl2IN3O4S. The Morgan fingerprint density at radius 3 is 2.18 bits per heavy atom. The summed E-state index contributed by atoms with van der Waals surface area (Å²) < 4.78 is 29.5. The number of rotatable bonds is 11. The summed E-state index contributed by atoms with van der Waals surface area (Å²) in [5.41, 5.74) is 0.991. The smallest absolute Gasteiger partial charge is 0.264 e. The van der Waals surface area contributed by atoms with Gasteiger partial charge >= 0.3 is 0 Å². The second-order valence-electron chi connectivity index (χ2n) is 8.39. The minimum absolute atomic E-state index is 0.0390. The fourth-order valence-electron chi connectivity index (χ4n) is 3.90. The van der Waals surface area contributed by atoms with E-state index in [0.29, 0.717) is 34.3 Å². The van der Waals surface area contributed by atoms with E-state index in [1.807, 2.05) is 0 Å². The van der Waals surface area contributed by atoms with Crippen LogP contribution in [0.2, 0.25) is 10.0 Å². The Labute approximate surface area is 247 Å². The molecule has 3 rings (SSSR count). The number of halogens is 3. The normalized spacial score (nSPS) is 12.0. The molecule has 0 aliphatic rings. The first-order chi connectivity index (χ1) is 18.1. The standard InChI is InChI=1S/C27H28Cl2IN3O4S/c1-3-25(27(35)31-4-2)32(17-19-10-15-23(28)24(29)16-19)26(34)18-33(21-13-11-20(30)12-14-21)38(36,37)22-8-6-5-7-9-22/h5-16,25H,3-4,17-18H2,1-2H3,(H,31,35). The summed E-state index contributed by atoms with van der Waals surface area (Å²) in [6.45, 7) is 3.51. The highest BCUT2D eigenvalue weighted by atomic mass is 127. The number of hydrogen-bond donors (Lipinski definition) is 1. The topological polar surface area (TPSA) is 86.8 Å². The monoisotopic (exact) mass is 687 g/mol. The van der Waals surface area contributed by atoms with Gasteiger partial charge in [0.05, 0.1) is 20.6 Å². The van der Waals surface area contributed by atoms with Crippen LogP contribution >= 0.6 is 45.8 Å². The Kier molecular flexibility index (Phi) is 10.8. The number of anilines is 1. The zero-order valence-corrected chi connectivity index (χ0v) is 25.4. The molecule has 1 N–H and O–H groups in total. The fourth-order valence-corrected chi connectivity index (χ4v) is 6.02. The molecule has 0 aromatic heterocycles. The predicted octanol–water partition coefficient (Wildman–Crippen LogP) is 5.74. The minimum atomic E-state index is -4.10. The van der Waals surface area contributed by atoms with Crippen molar-refractivity contribution in [3.05, 3.63) is 92.0 Å². The van der Waals surface area contributed by atoms with E-state index < -0.39 is 28.5 Å². The number of carbonyl (C=O) groups is 2. The lowest BCUT2D eigenvalue weighted by molar-refractivity contribution is -0.140. The molecule has 0 aliphatic heterocycles. The largest absolute Gasteiger partial charge is 0.355 e. The maximum atomic E-state index is 13.9. The van der Waals surface area contributed by atoms with Gasteiger partial charge in [0.25, 0.3) is 10.0 Å². The molecule has 0 radical (unpaired) electrons. The van der Waals surface area contributed by atoms with Crippen molar-refractivity contribution < 1.29 is 18.0 Å². The van der Waals surface area contributed by atoms with Crippen LogP contribution in [0.1, 0.15) is 25.8 Å². The summed E-state index contributed by atoms with van der Waals surface area (Å²) >= 11 is 14.4. The average Bonchev–Trinajstić information content (AvgIpc) is 2.90. The predicted molar refractivity (Wildman–Crippen MR) is 160 cm³/mol. The van der Waals surface area contributed by atoms with Crippen molar-refractivity contribution in [2.75, 3.05) is 17.4 Å². The lowest BCUT2D eigenvalue weighted by Crippen LogP contribution is -2.52. The van der Waals surface area contributed by atoms with Crippen LogP contribution in [0.25, 0.3) is 0 Å². The third-order valence-corrected chi connectivity index (χ3v) is 9.04. The highest BCUT2D eigenvalue weighted by Crippen LogP contribution is 2.27. The molecule has 0 saturated heterocycles. The van der Waals surface area contributed by atoms with Gasteiger partial charge in [-0.1, -0.05) is 54.4 Å². The van der Waals surface area contributed by atoms with Crippen LogP contribution in [0.15, 0.2) is 77.7 Å². The van der Waals surface area contributed by atoms with E-state index in [1.165, 1.54) is 17.0 Å². The van der Waals surface area contributed by atoms with Gasteiger partial charge in [0.15, 0.2) is 0 Å². The number of hydrogen-bond acceptors (Lipinski definition) is 4. The van der Waals surface area contributed by atoms with Gasteiger partial charge in [-0.15, -0.1) is 0 Å². The van der Waals surface area contributed by atoms with Crippen LogP contribution < -0.4 is 9.62 Å². The molecule has 11 heteroatoms. The van der Waals surface area contributed by atoms with E-state index in [9.17, 15) is 18.0 Å². The van der Waals surface area contributed by atoms with Crippen LogP contribution in [0.5, 0.6) is 0 Å². The van der Waals surface area contributed by atoms with Crippen LogP contribution in [-0.4, -0.2) is 44.3 Å². The van der Waals surface area contributed by atoms with Crippen LogP contribution in [-0.2, 0) is 26.2 Å². The average molecular weight is 688 g/mol. The van der Waals surface area contributed by atoms with Crippen molar-refractivity contribution in [3.63, 3.8) is 0 Å². The molecule has 7 nitrogen and oxygen atoms in total. The van der Waals surface area contributed by atoms with Gasteiger partial charge < -0.3 is 10.2 Å². The molecule has 202 valence electrons. The number of likely N-dealkylation sites (N-methyl/N-ethyl adjacent to an activating group) is 1. The quantitative estimate of drug-likeness (QED) is 0.261. The van der Waals surface area contributed by atoms with Gasteiger partial charge in [-0.3, -0.25) is 13.9 Å². The van der Waals surface area contributed by atoms with Crippen molar-refractivity contribution in [1.29, 1.82) is 0 Å². The van der Waals surface area contributed by atoms with Gasteiger partial charge in [-0.2, -0.15) is 0 Å². The molecule has 0 spiro atoms. The van der Waals surface area contributed by atoms with Crippen molar-refractivity contribution in [1.82, 2.24) is 10.2 Å². The van der Waals surface area contributed by atoms with E-state index in [1.54, 1.807) is 74.5 Å². The molecule has 1 unspecified atom stereocenters.